The first-order valence-electron chi connectivity index (χ1n) is 17.8. The van der Waals surface area contributed by atoms with Gasteiger partial charge in [-0.25, -0.2) is 9.59 Å². The third kappa shape index (κ3) is 6.26. The van der Waals surface area contributed by atoms with E-state index in [1.165, 1.54) is 26.0 Å². The minimum absolute atomic E-state index is 0.0156. The Hall–Kier alpha value is -4.43. The topological polar surface area (TPSA) is 195 Å². The van der Waals surface area contributed by atoms with Crippen LogP contribution in [-0.4, -0.2) is 93.2 Å². The average Bonchev–Trinajstić information content (AvgIpc) is 3.09. The third-order valence-electron chi connectivity index (χ3n) is 12.1. The Labute approximate surface area is 307 Å². The van der Waals surface area contributed by atoms with E-state index in [1.54, 1.807) is 76.2 Å². The van der Waals surface area contributed by atoms with Gasteiger partial charge < -0.3 is 39.6 Å². The minimum atomic E-state index is -2.22. The van der Waals surface area contributed by atoms with E-state index in [9.17, 15) is 39.3 Å². The lowest BCUT2D eigenvalue weighted by molar-refractivity contribution is -0.349. The molecule has 13 heteroatoms. The fourth-order valence-electron chi connectivity index (χ4n) is 9.35. The summed E-state index contributed by atoms with van der Waals surface area (Å²) in [6, 6.07) is 15.3. The molecular formula is C40H47NO12. The minimum Gasteiger partial charge on any atom is -0.456 e. The summed E-state index contributed by atoms with van der Waals surface area (Å²) in [6.07, 6.45) is -7.55. The number of fused-ring (bicyclic) bond motifs is 5. The first-order chi connectivity index (χ1) is 24.9. The highest BCUT2D eigenvalue weighted by atomic mass is 16.6. The summed E-state index contributed by atoms with van der Waals surface area (Å²) < 4.78 is 24.2. The molecule has 4 N–H and O–H groups in total. The number of carbonyl (C=O) groups is 5. The van der Waals surface area contributed by atoms with Crippen molar-refractivity contribution in [3.63, 3.8) is 0 Å². The number of Topliss-reactive ketones (excluding diaryl/α,β-unsaturated/α-hetero) is 1. The maximum absolute atomic E-state index is 14.7. The lowest BCUT2D eigenvalue weighted by Crippen LogP contribution is -2.80. The van der Waals surface area contributed by atoms with E-state index in [4.69, 9.17) is 18.9 Å². The highest BCUT2D eigenvalue weighted by Crippen LogP contribution is 2.64. The lowest BCUT2D eigenvalue weighted by Gasteiger charge is -2.67. The summed E-state index contributed by atoms with van der Waals surface area (Å²) in [5.74, 6) is -4.77. The van der Waals surface area contributed by atoms with Gasteiger partial charge in [0.25, 0.3) is 0 Å². The SMILES string of the molecule is CC(=O)N[C@@H](c1ccccc1)[C@@H](O)C(=O)O[C@H]1C[C@@]2(O)[C@@H](OC(=O)c3ccccc3)[C@H]3[C@](C)(CC(=O)C(=C1C)C2(C)C)[C@@H](O)C[C@H]1OC[C@]13OC(C)=O. The second-order valence-corrected chi connectivity index (χ2v) is 15.6. The molecule has 13 nitrogen and oxygen atoms in total. The van der Waals surface area contributed by atoms with Gasteiger partial charge in [-0.05, 0) is 30.2 Å². The van der Waals surface area contributed by atoms with Crippen molar-refractivity contribution in [2.24, 2.45) is 16.7 Å². The molecule has 6 rings (SSSR count). The Morgan fingerprint density at radius 1 is 0.962 bits per heavy atom. The summed E-state index contributed by atoms with van der Waals surface area (Å²) in [6.45, 7) is 8.85. The second-order valence-electron chi connectivity index (χ2n) is 15.6. The largest absolute Gasteiger partial charge is 0.456 e. The van der Waals surface area contributed by atoms with Gasteiger partial charge >= 0.3 is 17.9 Å². The fourth-order valence-corrected chi connectivity index (χ4v) is 9.35. The Morgan fingerprint density at radius 3 is 2.15 bits per heavy atom. The van der Waals surface area contributed by atoms with E-state index in [0.717, 1.165) is 0 Å². The molecule has 0 aromatic heterocycles. The maximum atomic E-state index is 14.7. The van der Waals surface area contributed by atoms with Crippen molar-refractivity contribution in [2.75, 3.05) is 6.61 Å². The number of hydrogen-bond acceptors (Lipinski definition) is 12. The van der Waals surface area contributed by atoms with Crippen LogP contribution in [0.1, 0.15) is 82.8 Å². The van der Waals surface area contributed by atoms with Crippen LogP contribution >= 0.6 is 0 Å². The van der Waals surface area contributed by atoms with E-state index in [2.05, 4.69) is 5.32 Å². The predicted molar refractivity (Wildman–Crippen MR) is 187 cm³/mol. The van der Waals surface area contributed by atoms with Gasteiger partial charge in [0.1, 0.15) is 23.9 Å². The Bertz CT molecular complexity index is 1830. The van der Waals surface area contributed by atoms with E-state index in [1.807, 2.05) is 0 Å². The highest BCUT2D eigenvalue weighted by Gasteiger charge is 2.76. The number of rotatable bonds is 8. The van der Waals surface area contributed by atoms with Crippen LogP contribution < -0.4 is 5.32 Å². The zero-order valence-corrected chi connectivity index (χ0v) is 30.7. The van der Waals surface area contributed by atoms with Crippen LogP contribution in [0.2, 0.25) is 0 Å². The molecule has 4 aliphatic rings. The van der Waals surface area contributed by atoms with E-state index in [0.29, 0.717) is 11.1 Å². The average molecular weight is 734 g/mol. The summed E-state index contributed by atoms with van der Waals surface area (Å²) in [5.41, 5.74) is -5.60. The number of ketones is 1. The van der Waals surface area contributed by atoms with Gasteiger partial charge in [-0.3, -0.25) is 14.4 Å². The van der Waals surface area contributed by atoms with Gasteiger partial charge in [-0.2, -0.15) is 0 Å². The summed E-state index contributed by atoms with van der Waals surface area (Å²) in [4.78, 5) is 67.4. The smallest absolute Gasteiger partial charge is 0.338 e. The van der Waals surface area contributed by atoms with Gasteiger partial charge in [-0.1, -0.05) is 69.3 Å². The first-order valence-corrected chi connectivity index (χ1v) is 17.8. The fraction of sp³-hybridized carbons (Fsp3) is 0.525. The van der Waals surface area contributed by atoms with Gasteiger partial charge in [0.15, 0.2) is 17.5 Å². The molecule has 2 aromatic rings. The molecule has 1 heterocycles. The molecule has 0 radical (unpaired) electrons. The molecule has 2 saturated carbocycles. The van der Waals surface area contributed by atoms with Crippen molar-refractivity contribution >= 4 is 29.6 Å². The van der Waals surface area contributed by atoms with Crippen molar-refractivity contribution in [1.29, 1.82) is 0 Å². The van der Waals surface area contributed by atoms with Crippen molar-refractivity contribution in [3.05, 3.63) is 82.9 Å². The number of ether oxygens (including phenoxy) is 4. The van der Waals surface area contributed by atoms with Gasteiger partial charge in [0.05, 0.1) is 30.2 Å². The number of aliphatic hydroxyl groups excluding tert-OH is 2. The summed E-state index contributed by atoms with van der Waals surface area (Å²) >= 11 is 0. The molecule has 10 atom stereocenters. The van der Waals surface area contributed by atoms with Gasteiger partial charge in [0, 0.05) is 49.5 Å². The number of carbonyl (C=O) groups excluding carboxylic acids is 5. The predicted octanol–water partition coefficient (Wildman–Crippen LogP) is 2.90. The molecule has 3 aliphatic carbocycles. The molecule has 53 heavy (non-hydrogen) atoms. The van der Waals surface area contributed by atoms with Crippen molar-refractivity contribution in [1.82, 2.24) is 5.32 Å². The van der Waals surface area contributed by atoms with Crippen molar-refractivity contribution < 1.29 is 58.2 Å². The first kappa shape index (κ1) is 38.3. The maximum Gasteiger partial charge on any atom is 0.338 e. The quantitative estimate of drug-likeness (QED) is 0.229. The third-order valence-corrected chi connectivity index (χ3v) is 12.1. The van der Waals surface area contributed by atoms with Crippen LogP contribution in [0.4, 0.5) is 0 Å². The molecule has 3 fully saturated rings. The monoisotopic (exact) mass is 733 g/mol. The van der Waals surface area contributed by atoms with Crippen LogP contribution in [0, 0.1) is 16.7 Å². The zero-order valence-electron chi connectivity index (χ0n) is 30.7. The number of aliphatic hydroxyl groups is 3. The molecule has 1 aliphatic heterocycles. The molecule has 284 valence electrons. The summed E-state index contributed by atoms with van der Waals surface area (Å²) in [5, 5.41) is 39.0. The number of benzene rings is 2. The molecular weight excluding hydrogens is 686 g/mol. The van der Waals surface area contributed by atoms with Gasteiger partial charge in [-0.15, -0.1) is 0 Å². The Balaban J connectivity index is 1.49. The molecule has 0 unspecified atom stereocenters. The molecule has 0 spiro atoms. The highest BCUT2D eigenvalue weighted by molar-refractivity contribution is 5.99. The van der Waals surface area contributed by atoms with Crippen molar-refractivity contribution in [3.8, 4) is 0 Å². The zero-order chi connectivity index (χ0) is 38.7. The molecule has 2 aromatic carbocycles. The standard InChI is InChI=1S/C40H47NO12/c1-21-27(51-36(48)32(46)31(41-22(2)42)24-13-9-7-10-14-24)19-40(49)34(52-35(47)25-15-11-8-12-16-25)33-38(6,18-26(44)30(21)37(40,4)5)28(45)17-29-39(33,20-50-29)53-23(3)43/h7-16,27-29,31-34,45-46,49H,17-20H2,1-6H3,(H,41,42)/t27-,28-,29+,31-,32+,33-,34-,38+,39-,40+/m0/s1. The Morgan fingerprint density at radius 2 is 1.58 bits per heavy atom. The van der Waals surface area contributed by atoms with Gasteiger partial charge in [0.2, 0.25) is 5.91 Å². The number of amides is 1. The molecule has 1 amide bonds. The second kappa shape index (κ2) is 13.8. The van der Waals surface area contributed by atoms with Crippen LogP contribution in [0.3, 0.4) is 0 Å². The van der Waals surface area contributed by atoms with E-state index < -0.39 is 101 Å². The number of esters is 3. The van der Waals surface area contributed by atoms with Crippen LogP contribution in [0.15, 0.2) is 71.8 Å². The summed E-state index contributed by atoms with van der Waals surface area (Å²) in [7, 11) is 0. The molecule has 2 bridgehead atoms. The van der Waals surface area contributed by atoms with Crippen molar-refractivity contribution in [2.45, 2.75) is 109 Å². The van der Waals surface area contributed by atoms with E-state index in [-0.39, 0.29) is 30.6 Å². The molecule has 1 saturated heterocycles. The number of nitrogens with one attached hydrogen (secondary N) is 1. The van der Waals surface area contributed by atoms with E-state index >= 15 is 0 Å². The van der Waals surface area contributed by atoms with Crippen LogP contribution in [0.5, 0.6) is 0 Å². The Kier molecular flexibility index (Phi) is 9.95. The van der Waals surface area contributed by atoms with Crippen LogP contribution in [0.25, 0.3) is 0 Å². The normalized spacial score (nSPS) is 34.1. The van der Waals surface area contributed by atoms with Crippen LogP contribution in [-0.2, 0) is 38.1 Å². The number of hydrogen-bond donors (Lipinski definition) is 4. The lowest BCUT2D eigenvalue weighted by atomic mass is 9.45.